The summed E-state index contributed by atoms with van der Waals surface area (Å²) in [7, 11) is 0. The maximum atomic E-state index is 13.4. The van der Waals surface area contributed by atoms with Crippen LogP contribution in [0, 0.1) is 12.7 Å². The van der Waals surface area contributed by atoms with E-state index < -0.39 is 0 Å². The molecule has 0 aliphatic heterocycles. The molecule has 22 heavy (non-hydrogen) atoms. The fraction of sp³-hybridized carbons (Fsp3) is 0.235. The van der Waals surface area contributed by atoms with Crippen LogP contribution in [0.25, 0.3) is 0 Å². The zero-order valence-corrected chi connectivity index (χ0v) is 13.2. The maximum absolute atomic E-state index is 13.4. The Kier molecular flexibility index (Phi) is 5.52. The van der Waals surface area contributed by atoms with Crippen molar-refractivity contribution in [3.63, 3.8) is 0 Å². The molecule has 0 heterocycles. The minimum Gasteiger partial charge on any atom is -0.325 e. The van der Waals surface area contributed by atoms with Gasteiger partial charge in [-0.3, -0.25) is 4.79 Å². The lowest BCUT2D eigenvalue weighted by atomic mass is 10.1. The summed E-state index contributed by atoms with van der Waals surface area (Å²) in [5.41, 5.74) is 2.04. The molecule has 0 aliphatic carbocycles. The zero-order chi connectivity index (χ0) is 16.1. The van der Waals surface area contributed by atoms with Crippen LogP contribution in [0.2, 0.25) is 5.02 Å². The molecule has 0 saturated heterocycles. The summed E-state index contributed by atoms with van der Waals surface area (Å²) in [6.45, 7) is 3.78. The third-order valence-corrected chi connectivity index (χ3v) is 3.65. The first-order valence-corrected chi connectivity index (χ1v) is 7.38. The van der Waals surface area contributed by atoms with Crippen LogP contribution in [0.15, 0.2) is 42.5 Å². The van der Waals surface area contributed by atoms with E-state index in [1.54, 1.807) is 19.1 Å². The highest BCUT2D eigenvalue weighted by Crippen LogP contribution is 2.16. The fourth-order valence-corrected chi connectivity index (χ4v) is 2.12. The summed E-state index contributed by atoms with van der Waals surface area (Å²) in [6.07, 6.45) is 0. The molecule has 0 saturated carbocycles. The number of rotatable bonds is 5. The van der Waals surface area contributed by atoms with Crippen LogP contribution in [0.4, 0.5) is 10.1 Å². The monoisotopic (exact) mass is 320 g/mol. The Hall–Kier alpha value is -1.91. The van der Waals surface area contributed by atoms with Crippen LogP contribution in [0.5, 0.6) is 0 Å². The van der Waals surface area contributed by atoms with Gasteiger partial charge in [-0.1, -0.05) is 29.8 Å². The van der Waals surface area contributed by atoms with Gasteiger partial charge in [-0.05, 0) is 49.2 Å². The van der Waals surface area contributed by atoms with Gasteiger partial charge in [-0.2, -0.15) is 0 Å². The molecule has 0 aliphatic rings. The van der Waals surface area contributed by atoms with Crippen LogP contribution in [-0.2, 0) is 4.79 Å². The number of carbonyl (C=O) groups is 1. The Morgan fingerprint density at radius 1 is 1.23 bits per heavy atom. The minimum atomic E-state index is -0.333. The van der Waals surface area contributed by atoms with Gasteiger partial charge in [0, 0.05) is 16.8 Å². The first-order valence-electron chi connectivity index (χ1n) is 7.00. The Morgan fingerprint density at radius 3 is 2.55 bits per heavy atom. The molecule has 3 nitrogen and oxygen atoms in total. The number of anilines is 1. The van der Waals surface area contributed by atoms with Gasteiger partial charge in [0.15, 0.2) is 0 Å². The maximum Gasteiger partial charge on any atom is 0.238 e. The summed E-state index contributed by atoms with van der Waals surface area (Å²) >= 11 is 5.84. The van der Waals surface area contributed by atoms with Crippen molar-refractivity contribution in [2.75, 3.05) is 11.9 Å². The van der Waals surface area contributed by atoms with Crippen molar-refractivity contribution in [1.82, 2.24) is 5.32 Å². The summed E-state index contributed by atoms with van der Waals surface area (Å²) in [5.74, 6) is -0.552. The standard InChI is InChI=1S/C17H18ClFN2O/c1-11-3-8-15(9-16(11)19)21-17(22)10-20-12(2)13-4-6-14(18)7-5-13/h3-9,12,20H,10H2,1-2H3,(H,21,22)/t12-/m0/s1. The van der Waals surface area contributed by atoms with Gasteiger partial charge in [0.2, 0.25) is 5.91 Å². The van der Waals surface area contributed by atoms with Crippen LogP contribution < -0.4 is 10.6 Å². The molecule has 2 aromatic carbocycles. The number of benzene rings is 2. The summed E-state index contributed by atoms with van der Waals surface area (Å²) in [4.78, 5) is 11.9. The predicted molar refractivity (Wildman–Crippen MR) is 87.6 cm³/mol. The van der Waals surface area contributed by atoms with Gasteiger partial charge < -0.3 is 10.6 Å². The minimum absolute atomic E-state index is 0.0118. The van der Waals surface area contributed by atoms with Gasteiger partial charge in [0.05, 0.1) is 6.54 Å². The van der Waals surface area contributed by atoms with E-state index >= 15 is 0 Å². The van der Waals surface area contributed by atoms with Gasteiger partial charge in [0.1, 0.15) is 5.82 Å². The molecule has 0 fully saturated rings. The van der Waals surface area contributed by atoms with Gasteiger partial charge in [-0.15, -0.1) is 0 Å². The van der Waals surface area contributed by atoms with Gasteiger partial charge in [0.25, 0.3) is 0 Å². The first kappa shape index (κ1) is 16.5. The molecule has 5 heteroatoms. The topological polar surface area (TPSA) is 41.1 Å². The molecule has 1 atom stereocenters. The van der Waals surface area contributed by atoms with E-state index in [2.05, 4.69) is 10.6 Å². The predicted octanol–water partition coefficient (Wildman–Crippen LogP) is 4.08. The fourth-order valence-electron chi connectivity index (χ4n) is 1.99. The Balaban J connectivity index is 1.86. The van der Waals surface area contributed by atoms with Crippen molar-refractivity contribution < 1.29 is 9.18 Å². The number of carbonyl (C=O) groups excluding carboxylic acids is 1. The van der Waals surface area contributed by atoms with Crippen LogP contribution in [-0.4, -0.2) is 12.5 Å². The third kappa shape index (κ3) is 4.55. The van der Waals surface area contributed by atoms with Gasteiger partial charge in [-0.25, -0.2) is 4.39 Å². The van der Waals surface area contributed by atoms with E-state index in [4.69, 9.17) is 11.6 Å². The van der Waals surface area contributed by atoms with E-state index in [0.29, 0.717) is 16.3 Å². The molecule has 2 rings (SSSR count). The third-order valence-electron chi connectivity index (χ3n) is 3.39. The second-order valence-corrected chi connectivity index (χ2v) is 5.60. The highest BCUT2D eigenvalue weighted by atomic mass is 35.5. The molecule has 0 unspecified atom stereocenters. The van der Waals surface area contributed by atoms with Crippen molar-refractivity contribution in [2.45, 2.75) is 19.9 Å². The van der Waals surface area contributed by atoms with Crippen molar-refractivity contribution in [3.05, 3.63) is 64.4 Å². The number of nitrogens with one attached hydrogen (secondary N) is 2. The van der Waals surface area contributed by atoms with Gasteiger partial charge >= 0.3 is 0 Å². The highest BCUT2D eigenvalue weighted by molar-refractivity contribution is 6.30. The summed E-state index contributed by atoms with van der Waals surface area (Å²) in [5, 5.41) is 6.45. The second kappa shape index (κ2) is 7.38. The molecule has 0 radical (unpaired) electrons. The quantitative estimate of drug-likeness (QED) is 0.871. The largest absolute Gasteiger partial charge is 0.325 e. The molecule has 0 spiro atoms. The number of amides is 1. The van der Waals surface area contributed by atoms with E-state index in [-0.39, 0.29) is 24.3 Å². The Labute approximate surface area is 134 Å². The number of hydrogen-bond acceptors (Lipinski definition) is 2. The van der Waals surface area contributed by atoms with Crippen LogP contribution in [0.1, 0.15) is 24.1 Å². The van der Waals surface area contributed by atoms with E-state index in [1.807, 2.05) is 31.2 Å². The Morgan fingerprint density at radius 2 is 1.91 bits per heavy atom. The van der Waals surface area contributed by atoms with E-state index in [0.717, 1.165) is 5.56 Å². The first-order chi connectivity index (χ1) is 10.5. The molecular weight excluding hydrogens is 303 g/mol. The SMILES string of the molecule is Cc1ccc(NC(=O)CN[C@@H](C)c2ccc(Cl)cc2)cc1F. The lowest BCUT2D eigenvalue weighted by Gasteiger charge is -2.14. The lowest BCUT2D eigenvalue weighted by molar-refractivity contribution is -0.115. The van der Waals surface area contributed by atoms with Crippen LogP contribution >= 0.6 is 11.6 Å². The normalized spacial score (nSPS) is 12.0. The molecule has 2 aromatic rings. The average molecular weight is 321 g/mol. The van der Waals surface area contributed by atoms with Crippen molar-refractivity contribution in [1.29, 1.82) is 0 Å². The molecule has 1 amide bonds. The molecular formula is C17H18ClFN2O. The van der Waals surface area contributed by atoms with Crippen molar-refractivity contribution in [2.24, 2.45) is 0 Å². The number of halogens is 2. The molecule has 116 valence electrons. The average Bonchev–Trinajstić information content (AvgIpc) is 2.49. The molecule has 0 bridgehead atoms. The van der Waals surface area contributed by atoms with E-state index in [9.17, 15) is 9.18 Å². The molecule has 2 N–H and O–H groups in total. The van der Waals surface area contributed by atoms with Crippen molar-refractivity contribution in [3.8, 4) is 0 Å². The van der Waals surface area contributed by atoms with Crippen molar-refractivity contribution >= 4 is 23.2 Å². The zero-order valence-electron chi connectivity index (χ0n) is 12.5. The smallest absolute Gasteiger partial charge is 0.238 e. The molecule has 0 aromatic heterocycles. The summed E-state index contributed by atoms with van der Waals surface area (Å²) in [6, 6.07) is 12.1. The Bertz CT molecular complexity index is 658. The summed E-state index contributed by atoms with van der Waals surface area (Å²) < 4.78 is 13.4. The van der Waals surface area contributed by atoms with Crippen LogP contribution in [0.3, 0.4) is 0 Å². The highest BCUT2D eigenvalue weighted by Gasteiger charge is 2.08. The second-order valence-electron chi connectivity index (χ2n) is 5.17. The van der Waals surface area contributed by atoms with E-state index in [1.165, 1.54) is 6.07 Å². The number of hydrogen-bond donors (Lipinski definition) is 2. The number of aryl methyl sites for hydroxylation is 1. The lowest BCUT2D eigenvalue weighted by Crippen LogP contribution is -2.30.